The number of nitrogens with one attached hydrogen (secondary N) is 1. The lowest BCUT2D eigenvalue weighted by atomic mass is 10.0. The Kier molecular flexibility index (Phi) is 5.49. The van der Waals surface area contributed by atoms with E-state index in [1.165, 1.54) is 28.9 Å². The number of hydrogen-bond acceptors (Lipinski definition) is 7. The van der Waals surface area contributed by atoms with Crippen molar-refractivity contribution in [2.24, 2.45) is 7.05 Å². The Morgan fingerprint density at radius 3 is 2.55 bits per heavy atom. The van der Waals surface area contributed by atoms with Gasteiger partial charge in [0.15, 0.2) is 0 Å². The Morgan fingerprint density at radius 1 is 1.12 bits per heavy atom. The summed E-state index contributed by atoms with van der Waals surface area (Å²) in [6, 6.07) is 8.76. The van der Waals surface area contributed by atoms with Gasteiger partial charge in [0.05, 0.1) is 5.56 Å². The van der Waals surface area contributed by atoms with Crippen molar-refractivity contribution in [2.45, 2.75) is 31.6 Å². The normalized spacial score (nSPS) is 15.5. The lowest BCUT2D eigenvalue weighted by Crippen LogP contribution is -2.42. The molecule has 0 bridgehead atoms. The van der Waals surface area contributed by atoms with Gasteiger partial charge >= 0.3 is 12.1 Å². The maximum Gasteiger partial charge on any atom is 0.471 e. The highest BCUT2D eigenvalue weighted by atomic mass is 19.4. The zero-order valence-corrected chi connectivity index (χ0v) is 17.9. The van der Waals surface area contributed by atoms with Gasteiger partial charge in [0.1, 0.15) is 0 Å². The summed E-state index contributed by atoms with van der Waals surface area (Å²) in [4.78, 5) is 14.0. The van der Waals surface area contributed by atoms with Gasteiger partial charge in [-0.25, -0.2) is 9.97 Å². The van der Waals surface area contributed by atoms with E-state index in [1.807, 2.05) is 6.07 Å². The first kappa shape index (κ1) is 21.4. The first-order chi connectivity index (χ1) is 15.9. The molecular formula is C22H22F3N7O. The molecule has 11 heteroatoms. The second-order valence-corrected chi connectivity index (χ2v) is 8.12. The fraction of sp³-hybridized carbons (Fsp3) is 0.364. The number of aromatic nitrogens is 5. The Labute approximate surface area is 187 Å². The molecule has 4 heterocycles. The first-order valence-electron chi connectivity index (χ1n) is 10.6. The molecule has 1 aliphatic rings. The summed E-state index contributed by atoms with van der Waals surface area (Å²) < 4.78 is 44.3. The van der Waals surface area contributed by atoms with Crippen LogP contribution in [0.25, 0.3) is 22.3 Å². The van der Waals surface area contributed by atoms with Crippen molar-refractivity contribution in [1.82, 2.24) is 30.0 Å². The van der Waals surface area contributed by atoms with Crippen molar-refractivity contribution in [3.8, 4) is 11.4 Å². The number of halogens is 3. The van der Waals surface area contributed by atoms with Gasteiger partial charge in [-0.2, -0.15) is 18.2 Å². The highest BCUT2D eigenvalue weighted by Crippen LogP contribution is 2.29. The van der Waals surface area contributed by atoms with Crippen LogP contribution in [0, 0.1) is 0 Å². The fourth-order valence-electron chi connectivity index (χ4n) is 4.16. The lowest BCUT2D eigenvalue weighted by molar-refractivity contribution is -0.159. The van der Waals surface area contributed by atoms with Crippen molar-refractivity contribution >= 4 is 16.9 Å². The molecule has 1 fully saturated rings. The number of aryl methyl sites for hydroxylation is 1. The van der Waals surface area contributed by atoms with Crippen LogP contribution < -0.4 is 10.2 Å². The average Bonchev–Trinajstić information content (AvgIpc) is 3.44. The van der Waals surface area contributed by atoms with Crippen LogP contribution in [0.5, 0.6) is 0 Å². The van der Waals surface area contributed by atoms with Gasteiger partial charge < -0.3 is 19.3 Å². The highest BCUT2D eigenvalue weighted by molar-refractivity contribution is 5.83. The number of anilines is 1. The predicted molar refractivity (Wildman–Crippen MR) is 115 cm³/mol. The molecule has 0 spiro atoms. The molecule has 1 saturated heterocycles. The molecular weight excluding hydrogens is 435 g/mol. The zero-order valence-electron chi connectivity index (χ0n) is 17.9. The highest BCUT2D eigenvalue weighted by Gasteiger charge is 2.38. The third-order valence-electron chi connectivity index (χ3n) is 5.90. The molecule has 1 aromatic carbocycles. The van der Waals surface area contributed by atoms with Crippen LogP contribution in [0.1, 0.15) is 24.3 Å². The van der Waals surface area contributed by atoms with Crippen LogP contribution in [0.4, 0.5) is 19.1 Å². The van der Waals surface area contributed by atoms with Crippen LogP contribution >= 0.6 is 0 Å². The zero-order chi connectivity index (χ0) is 23.0. The quantitative estimate of drug-likeness (QED) is 0.488. The Hall–Kier alpha value is -3.47. The van der Waals surface area contributed by atoms with Crippen molar-refractivity contribution in [1.29, 1.82) is 0 Å². The largest absolute Gasteiger partial charge is 0.471 e. The van der Waals surface area contributed by atoms with E-state index in [1.54, 1.807) is 0 Å². The molecule has 0 aliphatic carbocycles. The third kappa shape index (κ3) is 4.40. The number of nitrogens with zero attached hydrogens (tertiary/aromatic N) is 6. The number of piperidine rings is 1. The standard InChI is InChI=1S/C22H22F3N7O/c1-31-13-15(17-4-2-3-5-18(17)31)12-26-16-6-8-32(9-7-16)21-27-10-14(11-28-21)19-29-20(33-30-19)22(23,24)25/h2-5,10-11,13,16,26H,6-9,12H2,1H3. The minimum Gasteiger partial charge on any atom is -0.350 e. The summed E-state index contributed by atoms with van der Waals surface area (Å²) >= 11 is 0. The van der Waals surface area contributed by atoms with E-state index in [0.717, 1.165) is 32.5 Å². The maximum absolute atomic E-state index is 12.6. The summed E-state index contributed by atoms with van der Waals surface area (Å²) in [7, 11) is 2.06. The molecule has 1 aliphatic heterocycles. The monoisotopic (exact) mass is 457 g/mol. The van der Waals surface area contributed by atoms with Gasteiger partial charge in [0.25, 0.3) is 0 Å². The van der Waals surface area contributed by atoms with Crippen molar-refractivity contribution in [3.63, 3.8) is 0 Å². The molecule has 0 amide bonds. The van der Waals surface area contributed by atoms with Gasteiger partial charge in [0.2, 0.25) is 11.8 Å². The van der Waals surface area contributed by atoms with E-state index in [2.05, 4.69) is 70.9 Å². The van der Waals surface area contributed by atoms with Gasteiger partial charge in [-0.05, 0) is 24.5 Å². The minimum atomic E-state index is -4.68. The SMILES string of the molecule is Cn1cc(CNC2CCN(c3ncc(-c4noc(C(F)(F)F)n4)cn3)CC2)c2ccccc21. The molecule has 0 saturated carbocycles. The minimum absolute atomic E-state index is 0.190. The van der Waals surface area contributed by atoms with Gasteiger partial charge in [-0.1, -0.05) is 23.4 Å². The summed E-state index contributed by atoms with van der Waals surface area (Å²) in [5, 5.41) is 8.29. The predicted octanol–water partition coefficient (Wildman–Crippen LogP) is 3.80. The molecule has 33 heavy (non-hydrogen) atoms. The van der Waals surface area contributed by atoms with Crippen molar-refractivity contribution in [3.05, 3.63) is 54.3 Å². The van der Waals surface area contributed by atoms with Crippen LogP contribution in [-0.2, 0) is 19.8 Å². The number of alkyl halides is 3. The van der Waals surface area contributed by atoms with E-state index in [-0.39, 0.29) is 11.4 Å². The number of para-hydroxylation sites is 1. The first-order valence-corrected chi connectivity index (χ1v) is 10.6. The van der Waals surface area contributed by atoms with E-state index in [4.69, 9.17) is 0 Å². The summed E-state index contributed by atoms with van der Waals surface area (Å²) in [6.07, 6.45) is 2.20. The van der Waals surface area contributed by atoms with Crippen molar-refractivity contribution in [2.75, 3.05) is 18.0 Å². The second kappa shape index (κ2) is 8.47. The van der Waals surface area contributed by atoms with Crippen LogP contribution in [0.2, 0.25) is 0 Å². The fourth-order valence-corrected chi connectivity index (χ4v) is 4.16. The molecule has 1 N–H and O–H groups in total. The summed E-state index contributed by atoms with van der Waals surface area (Å²) in [5.41, 5.74) is 2.77. The molecule has 8 nitrogen and oxygen atoms in total. The lowest BCUT2D eigenvalue weighted by Gasteiger charge is -2.32. The van der Waals surface area contributed by atoms with Gasteiger partial charge in [-0.3, -0.25) is 0 Å². The number of hydrogen-bond donors (Lipinski definition) is 1. The molecule has 4 aromatic rings. The summed E-state index contributed by atoms with van der Waals surface area (Å²) in [6.45, 7) is 2.38. The second-order valence-electron chi connectivity index (χ2n) is 8.12. The number of fused-ring (bicyclic) bond motifs is 1. The molecule has 172 valence electrons. The van der Waals surface area contributed by atoms with Gasteiger partial charge in [-0.15, -0.1) is 0 Å². The molecule has 3 aromatic heterocycles. The molecule has 0 atom stereocenters. The topological polar surface area (TPSA) is 84.9 Å². The van der Waals surface area contributed by atoms with E-state index >= 15 is 0 Å². The smallest absolute Gasteiger partial charge is 0.350 e. The average molecular weight is 457 g/mol. The molecule has 0 unspecified atom stereocenters. The number of rotatable bonds is 5. The third-order valence-corrected chi connectivity index (χ3v) is 5.90. The van der Waals surface area contributed by atoms with Crippen molar-refractivity contribution < 1.29 is 17.7 Å². The summed E-state index contributed by atoms with van der Waals surface area (Å²) in [5.74, 6) is -1.05. The Bertz CT molecular complexity index is 1240. The number of benzene rings is 1. The van der Waals surface area contributed by atoms with E-state index in [0.29, 0.717) is 12.0 Å². The Morgan fingerprint density at radius 2 is 1.85 bits per heavy atom. The van der Waals surface area contributed by atoms with E-state index < -0.39 is 12.1 Å². The maximum atomic E-state index is 12.6. The van der Waals surface area contributed by atoms with Gasteiger partial charge in [0, 0.05) is 62.2 Å². The van der Waals surface area contributed by atoms with E-state index in [9.17, 15) is 13.2 Å². The molecule has 0 radical (unpaired) electrons. The van der Waals surface area contributed by atoms with Crippen LogP contribution in [-0.4, -0.2) is 43.8 Å². The van der Waals surface area contributed by atoms with Crippen LogP contribution in [0.15, 0.2) is 47.4 Å². The molecule has 5 rings (SSSR count). The van der Waals surface area contributed by atoms with Crippen LogP contribution in [0.3, 0.4) is 0 Å². The Balaban J connectivity index is 1.17.